The second kappa shape index (κ2) is 3.64. The molecule has 5 N–H and O–H groups in total. The van der Waals surface area contributed by atoms with Gasteiger partial charge in [-0.2, -0.15) is 11.8 Å². The Morgan fingerprint density at radius 3 is 2.58 bits per heavy atom. The summed E-state index contributed by atoms with van der Waals surface area (Å²) in [4.78, 5) is 10.6. The number of carboxylic acids is 1. The van der Waals surface area contributed by atoms with E-state index in [0.717, 1.165) is 5.75 Å². The molecule has 0 aromatic carbocycles. The van der Waals surface area contributed by atoms with E-state index >= 15 is 0 Å². The standard InChI is InChI=1S/C7H14N2O2S/c1-3(7(10)11)6-5(9)4(8)2-12-6/h3-6H,2,8-9H2,1H3,(H,10,11)/t3-,4-,5-,6+/m1/s1. The van der Waals surface area contributed by atoms with Crippen LogP contribution in [0.2, 0.25) is 0 Å². The molecule has 0 aliphatic carbocycles. The van der Waals surface area contributed by atoms with Crippen LogP contribution in [0.4, 0.5) is 0 Å². The molecule has 0 saturated carbocycles. The summed E-state index contributed by atoms with van der Waals surface area (Å²) in [5.74, 6) is -0.431. The fourth-order valence-corrected chi connectivity index (χ4v) is 2.80. The normalized spacial score (nSPS) is 38.1. The molecule has 1 saturated heterocycles. The lowest BCUT2D eigenvalue weighted by Crippen LogP contribution is -2.46. The first kappa shape index (κ1) is 9.83. The van der Waals surface area contributed by atoms with Crippen molar-refractivity contribution in [2.45, 2.75) is 24.3 Å². The Hall–Kier alpha value is -0.260. The van der Waals surface area contributed by atoms with Crippen molar-refractivity contribution in [2.75, 3.05) is 5.75 Å². The van der Waals surface area contributed by atoms with Gasteiger partial charge in [-0.15, -0.1) is 0 Å². The van der Waals surface area contributed by atoms with E-state index in [4.69, 9.17) is 16.6 Å². The van der Waals surface area contributed by atoms with Crippen molar-refractivity contribution < 1.29 is 9.90 Å². The van der Waals surface area contributed by atoms with Crippen LogP contribution >= 0.6 is 11.8 Å². The Balaban J connectivity index is 2.59. The van der Waals surface area contributed by atoms with Crippen molar-refractivity contribution in [3.63, 3.8) is 0 Å². The third-order valence-corrected chi connectivity index (χ3v) is 3.92. The van der Waals surface area contributed by atoms with Gasteiger partial charge in [0, 0.05) is 23.1 Å². The monoisotopic (exact) mass is 190 g/mol. The molecule has 4 atom stereocenters. The van der Waals surface area contributed by atoms with Crippen LogP contribution in [0.5, 0.6) is 0 Å². The average Bonchev–Trinajstić information content (AvgIpc) is 2.32. The molecule has 0 aromatic heterocycles. The fourth-order valence-electron chi connectivity index (χ4n) is 1.31. The first-order valence-electron chi connectivity index (χ1n) is 3.89. The number of carbonyl (C=O) groups is 1. The van der Waals surface area contributed by atoms with E-state index in [2.05, 4.69) is 0 Å². The summed E-state index contributed by atoms with van der Waals surface area (Å²) in [6.07, 6.45) is 0. The van der Waals surface area contributed by atoms with Crippen molar-refractivity contribution in [3.05, 3.63) is 0 Å². The molecule has 0 aromatic rings. The van der Waals surface area contributed by atoms with Gasteiger partial charge in [0.25, 0.3) is 0 Å². The summed E-state index contributed by atoms with van der Waals surface area (Å²) in [7, 11) is 0. The largest absolute Gasteiger partial charge is 0.481 e. The summed E-state index contributed by atoms with van der Waals surface area (Å²) in [6, 6.07) is -0.233. The van der Waals surface area contributed by atoms with Gasteiger partial charge in [-0.1, -0.05) is 6.92 Å². The highest BCUT2D eigenvalue weighted by Gasteiger charge is 2.37. The van der Waals surface area contributed by atoms with Crippen molar-refractivity contribution in [1.82, 2.24) is 0 Å². The topological polar surface area (TPSA) is 89.3 Å². The third-order valence-electron chi connectivity index (χ3n) is 2.24. The Labute approximate surface area is 75.7 Å². The highest BCUT2D eigenvalue weighted by molar-refractivity contribution is 8.00. The van der Waals surface area contributed by atoms with Gasteiger partial charge in [-0.3, -0.25) is 4.79 Å². The van der Waals surface area contributed by atoms with Crippen LogP contribution in [0.25, 0.3) is 0 Å². The molecular formula is C7H14N2O2S. The van der Waals surface area contributed by atoms with Crippen molar-refractivity contribution >= 4 is 17.7 Å². The predicted molar refractivity (Wildman–Crippen MR) is 49.0 cm³/mol. The molecule has 70 valence electrons. The molecule has 1 rings (SSSR count). The number of thioether (sulfide) groups is 1. The molecule has 1 heterocycles. The fraction of sp³-hybridized carbons (Fsp3) is 0.857. The Morgan fingerprint density at radius 1 is 1.67 bits per heavy atom. The zero-order valence-corrected chi connectivity index (χ0v) is 7.75. The zero-order valence-electron chi connectivity index (χ0n) is 6.93. The van der Waals surface area contributed by atoms with Crippen LogP contribution in [0.15, 0.2) is 0 Å². The van der Waals surface area contributed by atoms with E-state index in [1.807, 2.05) is 0 Å². The maximum atomic E-state index is 10.6. The lowest BCUT2D eigenvalue weighted by atomic mass is 9.98. The van der Waals surface area contributed by atoms with Crippen molar-refractivity contribution in [1.29, 1.82) is 0 Å². The first-order chi connectivity index (χ1) is 5.54. The molecule has 0 spiro atoms. The summed E-state index contributed by atoms with van der Waals surface area (Å²) in [5, 5.41) is 8.71. The Bertz CT molecular complexity index is 188. The minimum absolute atomic E-state index is 0.0301. The van der Waals surface area contributed by atoms with Gasteiger partial charge in [0.2, 0.25) is 0 Å². The number of hydrogen-bond donors (Lipinski definition) is 3. The lowest BCUT2D eigenvalue weighted by molar-refractivity contribution is -0.141. The molecule has 1 aliphatic rings. The minimum atomic E-state index is -0.794. The zero-order chi connectivity index (χ0) is 9.30. The quantitative estimate of drug-likeness (QED) is 0.545. The maximum Gasteiger partial charge on any atom is 0.307 e. The molecule has 5 heteroatoms. The van der Waals surface area contributed by atoms with E-state index in [1.165, 1.54) is 0 Å². The number of rotatable bonds is 2. The Morgan fingerprint density at radius 2 is 2.25 bits per heavy atom. The van der Waals surface area contributed by atoms with E-state index < -0.39 is 11.9 Å². The first-order valence-corrected chi connectivity index (χ1v) is 4.94. The molecule has 4 nitrogen and oxygen atoms in total. The van der Waals surface area contributed by atoms with Crippen LogP contribution in [0.3, 0.4) is 0 Å². The molecule has 0 amide bonds. The van der Waals surface area contributed by atoms with Crippen molar-refractivity contribution in [2.24, 2.45) is 17.4 Å². The number of nitrogens with two attached hydrogens (primary N) is 2. The highest BCUT2D eigenvalue weighted by atomic mass is 32.2. The molecule has 0 radical (unpaired) electrons. The molecule has 0 unspecified atom stereocenters. The molecule has 1 fully saturated rings. The van der Waals surface area contributed by atoms with Crippen LogP contribution < -0.4 is 11.5 Å². The van der Waals surface area contributed by atoms with Gasteiger partial charge >= 0.3 is 5.97 Å². The third kappa shape index (κ3) is 1.73. The highest BCUT2D eigenvalue weighted by Crippen LogP contribution is 2.30. The van der Waals surface area contributed by atoms with Crippen LogP contribution in [0.1, 0.15) is 6.92 Å². The van der Waals surface area contributed by atoms with Crippen LogP contribution in [-0.4, -0.2) is 34.2 Å². The summed E-state index contributed by atoms with van der Waals surface area (Å²) in [5.41, 5.74) is 11.4. The van der Waals surface area contributed by atoms with Gasteiger partial charge in [0.1, 0.15) is 0 Å². The smallest absolute Gasteiger partial charge is 0.307 e. The van der Waals surface area contributed by atoms with Gasteiger partial charge in [0.05, 0.1) is 5.92 Å². The molecule has 1 aliphatic heterocycles. The number of hydrogen-bond acceptors (Lipinski definition) is 4. The van der Waals surface area contributed by atoms with Crippen molar-refractivity contribution in [3.8, 4) is 0 Å². The second-order valence-electron chi connectivity index (χ2n) is 3.17. The summed E-state index contributed by atoms with van der Waals surface area (Å²) >= 11 is 1.56. The maximum absolute atomic E-state index is 10.6. The number of carboxylic acid groups (broad SMARTS) is 1. The molecule has 12 heavy (non-hydrogen) atoms. The van der Waals surface area contributed by atoms with E-state index in [9.17, 15) is 4.79 Å². The average molecular weight is 190 g/mol. The predicted octanol–water partition coefficient (Wildman–Crippen LogP) is -0.523. The van der Waals surface area contributed by atoms with Crippen LogP contribution in [-0.2, 0) is 4.79 Å². The van der Waals surface area contributed by atoms with Gasteiger partial charge in [0.15, 0.2) is 0 Å². The Kier molecular flexibility index (Phi) is 2.98. The second-order valence-corrected chi connectivity index (χ2v) is 4.38. The van der Waals surface area contributed by atoms with Gasteiger partial charge in [-0.05, 0) is 0 Å². The minimum Gasteiger partial charge on any atom is -0.481 e. The van der Waals surface area contributed by atoms with Gasteiger partial charge in [-0.25, -0.2) is 0 Å². The molecular weight excluding hydrogens is 176 g/mol. The van der Waals surface area contributed by atoms with E-state index in [0.29, 0.717) is 0 Å². The van der Waals surface area contributed by atoms with Gasteiger partial charge < -0.3 is 16.6 Å². The number of aliphatic carboxylic acids is 1. The molecule has 0 bridgehead atoms. The summed E-state index contributed by atoms with van der Waals surface area (Å²) in [6.45, 7) is 1.68. The van der Waals surface area contributed by atoms with E-state index in [1.54, 1.807) is 18.7 Å². The lowest BCUT2D eigenvalue weighted by Gasteiger charge is -2.20. The van der Waals surface area contributed by atoms with Crippen LogP contribution in [0, 0.1) is 5.92 Å². The van der Waals surface area contributed by atoms with E-state index in [-0.39, 0.29) is 17.3 Å². The SMILES string of the molecule is C[C@@H](C(=O)O)[C@@H]1SC[C@@H](N)[C@H]1N. The summed E-state index contributed by atoms with van der Waals surface area (Å²) < 4.78 is 0.